The highest BCUT2D eigenvalue weighted by atomic mass is 79.9. The number of benzene rings is 2. The molecule has 0 spiro atoms. The second-order valence-electron chi connectivity index (χ2n) is 4.63. The van der Waals surface area contributed by atoms with Crippen LogP contribution in [0.2, 0.25) is 0 Å². The maximum atomic E-state index is 5.35. The van der Waals surface area contributed by atoms with Crippen LogP contribution in [-0.4, -0.2) is 27.5 Å². The zero-order valence-electron chi connectivity index (χ0n) is 13.3. The predicted molar refractivity (Wildman–Crippen MR) is 94.7 cm³/mol. The molecule has 1 N–H and O–H groups in total. The molecule has 0 fully saturated rings. The molecule has 0 heterocycles. The van der Waals surface area contributed by atoms with Gasteiger partial charge >= 0.3 is 0 Å². The Labute approximate surface area is 144 Å². The molecule has 0 radical (unpaired) electrons. The quantitative estimate of drug-likeness (QED) is 0.590. The third-order valence-electron chi connectivity index (χ3n) is 3.26. The highest BCUT2D eigenvalue weighted by molar-refractivity contribution is 9.10. The van der Waals surface area contributed by atoms with Crippen LogP contribution in [-0.2, 0) is 6.54 Å². The number of hydrogen-bond donors (Lipinski definition) is 1. The molecule has 122 valence electrons. The lowest BCUT2D eigenvalue weighted by atomic mass is 10.2. The highest BCUT2D eigenvalue weighted by Gasteiger charge is 2.08. The topological polar surface area (TPSA) is 52.1 Å². The molecule has 5 nitrogen and oxygen atoms in total. The molecule has 2 aromatic carbocycles. The molecule has 6 heteroatoms. The van der Waals surface area contributed by atoms with Crippen LogP contribution < -0.4 is 19.6 Å². The van der Waals surface area contributed by atoms with Crippen LogP contribution in [0.25, 0.3) is 0 Å². The first-order valence-electron chi connectivity index (χ1n) is 6.99. The van der Waals surface area contributed by atoms with E-state index < -0.39 is 0 Å². The van der Waals surface area contributed by atoms with Crippen LogP contribution >= 0.6 is 15.9 Å². The van der Waals surface area contributed by atoms with Gasteiger partial charge in [-0.25, -0.2) is 0 Å². The van der Waals surface area contributed by atoms with E-state index in [9.17, 15) is 0 Å². The maximum absolute atomic E-state index is 5.35. The van der Waals surface area contributed by atoms with E-state index in [1.807, 2.05) is 36.4 Å². The molecule has 0 bridgehead atoms. The number of rotatable bonds is 7. The summed E-state index contributed by atoms with van der Waals surface area (Å²) in [5.74, 6) is 2.23. The maximum Gasteiger partial charge on any atom is 0.136 e. The molecule has 0 amide bonds. The molecular formula is C17H19BrN2O3. The van der Waals surface area contributed by atoms with Gasteiger partial charge in [0.15, 0.2) is 0 Å². The fraction of sp³-hybridized carbons (Fsp3) is 0.235. The van der Waals surface area contributed by atoms with Gasteiger partial charge < -0.3 is 19.6 Å². The molecule has 23 heavy (non-hydrogen) atoms. The molecule has 2 rings (SSSR count). The highest BCUT2D eigenvalue weighted by Crippen LogP contribution is 2.31. The van der Waals surface area contributed by atoms with E-state index in [0.29, 0.717) is 18.0 Å². The normalized spacial score (nSPS) is 10.6. The van der Waals surface area contributed by atoms with Crippen LogP contribution in [0, 0.1) is 0 Å². The Morgan fingerprint density at radius 1 is 1.00 bits per heavy atom. The van der Waals surface area contributed by atoms with Crippen LogP contribution in [0.1, 0.15) is 11.1 Å². The Kier molecular flexibility index (Phi) is 6.29. The largest absolute Gasteiger partial charge is 0.496 e. The van der Waals surface area contributed by atoms with E-state index in [1.165, 1.54) is 0 Å². The van der Waals surface area contributed by atoms with Gasteiger partial charge in [-0.2, -0.15) is 5.10 Å². The summed E-state index contributed by atoms with van der Waals surface area (Å²) in [6.07, 6.45) is 1.71. The van der Waals surface area contributed by atoms with Gasteiger partial charge in [0, 0.05) is 17.2 Å². The second-order valence-corrected chi connectivity index (χ2v) is 5.49. The van der Waals surface area contributed by atoms with Crippen molar-refractivity contribution < 1.29 is 14.2 Å². The molecule has 0 aromatic heterocycles. The minimum Gasteiger partial charge on any atom is -0.496 e. The lowest BCUT2D eigenvalue weighted by molar-refractivity contribution is 0.392. The number of nitrogens with one attached hydrogen (secondary N) is 1. The van der Waals surface area contributed by atoms with E-state index in [4.69, 9.17) is 14.2 Å². The lowest BCUT2D eigenvalue weighted by Crippen LogP contribution is -2.07. The SMILES string of the molecule is COc1cc(OC)c(/C=N/NCc2ccccc2OC)cc1Br. The summed E-state index contributed by atoms with van der Waals surface area (Å²) in [7, 11) is 4.88. The summed E-state index contributed by atoms with van der Waals surface area (Å²) in [6, 6.07) is 11.5. The standard InChI is InChI=1S/C17H19BrN2O3/c1-21-15-7-5-4-6-12(15)10-19-20-11-13-8-14(18)17(23-3)9-16(13)22-2/h4-9,11,19H,10H2,1-3H3/b20-11+. The number of nitrogens with zero attached hydrogens (tertiary/aromatic N) is 1. The smallest absolute Gasteiger partial charge is 0.136 e. The van der Waals surface area contributed by atoms with Crippen LogP contribution in [0.15, 0.2) is 46.0 Å². The number of methoxy groups -OCH3 is 3. The third-order valence-corrected chi connectivity index (χ3v) is 3.88. The zero-order valence-corrected chi connectivity index (χ0v) is 14.9. The van der Waals surface area contributed by atoms with E-state index in [1.54, 1.807) is 27.5 Å². The molecule has 2 aromatic rings. The first kappa shape index (κ1) is 17.1. The number of halogens is 1. The Morgan fingerprint density at radius 3 is 2.39 bits per heavy atom. The van der Waals surface area contributed by atoms with Gasteiger partial charge in [0.2, 0.25) is 0 Å². The van der Waals surface area contributed by atoms with Gasteiger partial charge in [0.05, 0.1) is 38.6 Å². The first-order valence-corrected chi connectivity index (χ1v) is 7.78. The van der Waals surface area contributed by atoms with Crippen molar-refractivity contribution in [2.75, 3.05) is 21.3 Å². The molecule has 0 saturated carbocycles. The summed E-state index contributed by atoms with van der Waals surface area (Å²) in [5.41, 5.74) is 4.89. The summed E-state index contributed by atoms with van der Waals surface area (Å²) in [5, 5.41) is 4.25. The average molecular weight is 379 g/mol. The fourth-order valence-corrected chi connectivity index (χ4v) is 2.60. The molecule has 0 atom stereocenters. The van der Waals surface area contributed by atoms with Gasteiger partial charge in [-0.15, -0.1) is 0 Å². The van der Waals surface area contributed by atoms with E-state index in [2.05, 4.69) is 26.5 Å². The molecule has 0 unspecified atom stereocenters. The van der Waals surface area contributed by atoms with Crippen molar-refractivity contribution in [3.8, 4) is 17.2 Å². The Hall–Kier alpha value is -2.21. The van der Waals surface area contributed by atoms with E-state index in [-0.39, 0.29) is 0 Å². The second kappa shape index (κ2) is 8.43. The summed E-state index contributed by atoms with van der Waals surface area (Å²) in [6.45, 7) is 0.570. The zero-order chi connectivity index (χ0) is 16.7. The van der Waals surface area contributed by atoms with Gasteiger partial charge in [-0.1, -0.05) is 18.2 Å². The van der Waals surface area contributed by atoms with Crippen molar-refractivity contribution in [1.29, 1.82) is 0 Å². The predicted octanol–water partition coefficient (Wildman–Crippen LogP) is 3.60. The first-order chi connectivity index (χ1) is 11.2. The van der Waals surface area contributed by atoms with Crippen molar-refractivity contribution in [1.82, 2.24) is 5.43 Å². The Morgan fingerprint density at radius 2 is 1.70 bits per heavy atom. The monoisotopic (exact) mass is 378 g/mol. The molecular weight excluding hydrogens is 360 g/mol. The Balaban J connectivity index is 2.07. The summed E-state index contributed by atoms with van der Waals surface area (Å²) < 4.78 is 16.8. The third kappa shape index (κ3) is 4.39. The van der Waals surface area contributed by atoms with E-state index in [0.717, 1.165) is 21.3 Å². The van der Waals surface area contributed by atoms with Gasteiger partial charge in [0.25, 0.3) is 0 Å². The van der Waals surface area contributed by atoms with E-state index >= 15 is 0 Å². The average Bonchev–Trinajstić information content (AvgIpc) is 2.59. The molecule has 0 aliphatic carbocycles. The molecule has 0 aliphatic heterocycles. The minimum atomic E-state index is 0.570. The summed E-state index contributed by atoms with van der Waals surface area (Å²) >= 11 is 3.46. The molecule has 0 aliphatic rings. The van der Waals surface area contributed by atoms with Crippen molar-refractivity contribution in [2.45, 2.75) is 6.54 Å². The van der Waals surface area contributed by atoms with Crippen LogP contribution in [0.4, 0.5) is 0 Å². The number of ether oxygens (including phenoxy) is 3. The van der Waals surface area contributed by atoms with Crippen LogP contribution in [0.5, 0.6) is 17.2 Å². The summed E-state index contributed by atoms with van der Waals surface area (Å²) in [4.78, 5) is 0. The van der Waals surface area contributed by atoms with Crippen molar-refractivity contribution in [3.05, 3.63) is 52.0 Å². The van der Waals surface area contributed by atoms with Crippen LogP contribution in [0.3, 0.4) is 0 Å². The van der Waals surface area contributed by atoms with Crippen molar-refractivity contribution in [2.24, 2.45) is 5.10 Å². The minimum absolute atomic E-state index is 0.570. The molecule has 0 saturated heterocycles. The number of para-hydroxylation sites is 1. The van der Waals surface area contributed by atoms with Gasteiger partial charge in [-0.3, -0.25) is 0 Å². The lowest BCUT2D eigenvalue weighted by Gasteiger charge is -2.10. The van der Waals surface area contributed by atoms with Gasteiger partial charge in [0.1, 0.15) is 17.2 Å². The Bertz CT molecular complexity index is 690. The van der Waals surface area contributed by atoms with Crippen molar-refractivity contribution >= 4 is 22.1 Å². The number of hydrogen-bond acceptors (Lipinski definition) is 5. The van der Waals surface area contributed by atoms with Gasteiger partial charge in [-0.05, 0) is 28.1 Å². The number of hydrazone groups is 1. The fourth-order valence-electron chi connectivity index (χ4n) is 2.08. The van der Waals surface area contributed by atoms with Crippen molar-refractivity contribution in [3.63, 3.8) is 0 Å².